The number of anilines is 1. The molecule has 2 heterocycles. The van der Waals surface area contributed by atoms with Gasteiger partial charge in [-0.3, -0.25) is 4.90 Å². The number of amides is 1. The Balaban J connectivity index is 2.01. The van der Waals surface area contributed by atoms with Crippen molar-refractivity contribution in [3.63, 3.8) is 0 Å². The van der Waals surface area contributed by atoms with Crippen molar-refractivity contribution in [3.05, 3.63) is 23.4 Å². The standard InChI is InChI=1S/C13H18ClN3O3/c1-8-7-17(13(18)19)11(9(2)20-8)6-16-12-4-3-10(14)5-15-12/h3-5,8-9,11H,6-7H2,1-2H3,(H,15,16)(H,18,19)/t8-,9+,11-/m1/s1. The molecule has 1 aromatic heterocycles. The SMILES string of the molecule is C[C@@H]1CN(C(=O)O)[C@H](CNc2ccc(Cl)cn2)[C@H](C)O1. The normalized spacial score (nSPS) is 26.4. The van der Waals surface area contributed by atoms with Crippen LogP contribution in [-0.4, -0.2) is 52.4 Å². The van der Waals surface area contributed by atoms with Crippen LogP contribution in [0.1, 0.15) is 13.8 Å². The van der Waals surface area contributed by atoms with Crippen LogP contribution in [0.15, 0.2) is 18.3 Å². The zero-order valence-electron chi connectivity index (χ0n) is 11.4. The van der Waals surface area contributed by atoms with E-state index in [0.717, 1.165) is 0 Å². The molecule has 0 unspecified atom stereocenters. The molecule has 1 aromatic rings. The van der Waals surface area contributed by atoms with E-state index in [1.807, 2.05) is 13.8 Å². The van der Waals surface area contributed by atoms with Crippen molar-refractivity contribution in [2.45, 2.75) is 32.1 Å². The Labute approximate surface area is 122 Å². The summed E-state index contributed by atoms with van der Waals surface area (Å²) in [7, 11) is 0. The second kappa shape index (κ2) is 6.28. The minimum Gasteiger partial charge on any atom is -0.465 e. The molecule has 0 radical (unpaired) electrons. The number of rotatable bonds is 3. The van der Waals surface area contributed by atoms with Gasteiger partial charge in [0.25, 0.3) is 0 Å². The lowest BCUT2D eigenvalue weighted by molar-refractivity contribution is -0.0904. The summed E-state index contributed by atoms with van der Waals surface area (Å²) >= 11 is 5.77. The van der Waals surface area contributed by atoms with E-state index >= 15 is 0 Å². The molecule has 0 aromatic carbocycles. The van der Waals surface area contributed by atoms with Crippen LogP contribution < -0.4 is 5.32 Å². The zero-order chi connectivity index (χ0) is 14.7. The monoisotopic (exact) mass is 299 g/mol. The van der Waals surface area contributed by atoms with Gasteiger partial charge in [-0.25, -0.2) is 9.78 Å². The van der Waals surface area contributed by atoms with Crippen molar-refractivity contribution in [3.8, 4) is 0 Å². The highest BCUT2D eigenvalue weighted by molar-refractivity contribution is 6.30. The van der Waals surface area contributed by atoms with Crippen LogP contribution in [0.3, 0.4) is 0 Å². The van der Waals surface area contributed by atoms with Gasteiger partial charge in [0.15, 0.2) is 0 Å². The van der Waals surface area contributed by atoms with Crippen molar-refractivity contribution in [2.75, 3.05) is 18.4 Å². The van der Waals surface area contributed by atoms with Crippen molar-refractivity contribution < 1.29 is 14.6 Å². The molecule has 0 bridgehead atoms. The van der Waals surface area contributed by atoms with Crippen LogP contribution in [0, 0.1) is 0 Å². The topological polar surface area (TPSA) is 74.7 Å². The first-order valence-electron chi connectivity index (χ1n) is 6.48. The molecule has 1 aliphatic rings. The van der Waals surface area contributed by atoms with Gasteiger partial charge in [-0.1, -0.05) is 11.6 Å². The Bertz CT molecular complexity index is 468. The summed E-state index contributed by atoms with van der Waals surface area (Å²) in [4.78, 5) is 16.9. The van der Waals surface area contributed by atoms with E-state index in [0.29, 0.717) is 23.9 Å². The van der Waals surface area contributed by atoms with E-state index in [-0.39, 0.29) is 18.2 Å². The predicted octanol–water partition coefficient (Wildman–Crippen LogP) is 2.30. The number of hydrogen-bond donors (Lipinski definition) is 2. The summed E-state index contributed by atoms with van der Waals surface area (Å²) in [5, 5.41) is 13.0. The largest absolute Gasteiger partial charge is 0.465 e. The Morgan fingerprint density at radius 3 is 2.95 bits per heavy atom. The number of morpholine rings is 1. The van der Waals surface area contributed by atoms with Gasteiger partial charge in [0.2, 0.25) is 0 Å². The molecular formula is C13H18ClN3O3. The molecule has 7 heteroatoms. The van der Waals surface area contributed by atoms with Gasteiger partial charge in [0.1, 0.15) is 5.82 Å². The molecule has 0 spiro atoms. The molecule has 1 fully saturated rings. The van der Waals surface area contributed by atoms with Gasteiger partial charge in [-0.2, -0.15) is 0 Å². The average molecular weight is 300 g/mol. The summed E-state index contributed by atoms with van der Waals surface area (Å²) in [5.41, 5.74) is 0. The van der Waals surface area contributed by atoms with E-state index in [9.17, 15) is 9.90 Å². The summed E-state index contributed by atoms with van der Waals surface area (Å²) in [6.45, 7) is 4.57. The highest BCUT2D eigenvalue weighted by Gasteiger charge is 2.35. The van der Waals surface area contributed by atoms with Crippen molar-refractivity contribution in [1.82, 2.24) is 9.88 Å². The summed E-state index contributed by atoms with van der Waals surface area (Å²) in [6.07, 6.45) is 0.352. The molecule has 110 valence electrons. The Kier molecular flexibility index (Phi) is 4.67. The first kappa shape index (κ1) is 14.9. The predicted molar refractivity (Wildman–Crippen MR) is 76.3 cm³/mol. The van der Waals surface area contributed by atoms with Crippen LogP contribution in [-0.2, 0) is 4.74 Å². The van der Waals surface area contributed by atoms with E-state index < -0.39 is 6.09 Å². The summed E-state index contributed by atoms with van der Waals surface area (Å²) in [5.74, 6) is 0.658. The van der Waals surface area contributed by atoms with E-state index in [1.54, 1.807) is 18.3 Å². The number of nitrogens with zero attached hydrogens (tertiary/aromatic N) is 2. The maximum Gasteiger partial charge on any atom is 0.407 e. The highest BCUT2D eigenvalue weighted by atomic mass is 35.5. The minimum atomic E-state index is -0.928. The third kappa shape index (κ3) is 3.52. The number of aromatic nitrogens is 1. The quantitative estimate of drug-likeness (QED) is 0.896. The van der Waals surface area contributed by atoms with Crippen LogP contribution in [0.4, 0.5) is 10.6 Å². The van der Waals surface area contributed by atoms with E-state index in [1.165, 1.54) is 4.90 Å². The van der Waals surface area contributed by atoms with Crippen molar-refractivity contribution in [2.24, 2.45) is 0 Å². The zero-order valence-corrected chi connectivity index (χ0v) is 12.2. The Morgan fingerprint density at radius 1 is 1.60 bits per heavy atom. The first-order chi connectivity index (χ1) is 9.47. The maximum absolute atomic E-state index is 11.3. The van der Waals surface area contributed by atoms with E-state index in [2.05, 4.69) is 10.3 Å². The van der Waals surface area contributed by atoms with Crippen LogP contribution >= 0.6 is 11.6 Å². The molecule has 6 nitrogen and oxygen atoms in total. The lowest BCUT2D eigenvalue weighted by atomic mass is 10.1. The molecule has 20 heavy (non-hydrogen) atoms. The van der Waals surface area contributed by atoms with Crippen molar-refractivity contribution >= 4 is 23.5 Å². The van der Waals surface area contributed by atoms with Gasteiger partial charge < -0.3 is 15.2 Å². The molecule has 1 aliphatic heterocycles. The van der Waals surface area contributed by atoms with Gasteiger partial charge in [-0.05, 0) is 26.0 Å². The molecule has 0 aliphatic carbocycles. The van der Waals surface area contributed by atoms with Gasteiger partial charge in [0, 0.05) is 12.7 Å². The molecule has 2 rings (SSSR count). The molecule has 1 amide bonds. The number of carboxylic acid groups (broad SMARTS) is 1. The molecule has 3 atom stereocenters. The number of carbonyl (C=O) groups is 1. The summed E-state index contributed by atoms with van der Waals surface area (Å²) < 4.78 is 5.70. The Morgan fingerprint density at radius 2 is 2.35 bits per heavy atom. The minimum absolute atomic E-state index is 0.0917. The van der Waals surface area contributed by atoms with Gasteiger partial charge in [0.05, 0.1) is 29.8 Å². The lowest BCUT2D eigenvalue weighted by Crippen LogP contribution is -2.57. The smallest absolute Gasteiger partial charge is 0.407 e. The molecular weight excluding hydrogens is 282 g/mol. The van der Waals surface area contributed by atoms with Crippen LogP contribution in [0.25, 0.3) is 0 Å². The second-order valence-corrected chi connectivity index (χ2v) is 5.33. The second-order valence-electron chi connectivity index (χ2n) is 4.90. The molecule has 1 saturated heterocycles. The lowest BCUT2D eigenvalue weighted by Gasteiger charge is -2.41. The number of hydrogen-bond acceptors (Lipinski definition) is 4. The van der Waals surface area contributed by atoms with Crippen LogP contribution in [0.2, 0.25) is 5.02 Å². The fourth-order valence-corrected chi connectivity index (χ4v) is 2.46. The number of pyridine rings is 1. The third-order valence-corrected chi connectivity index (χ3v) is 3.53. The fourth-order valence-electron chi connectivity index (χ4n) is 2.35. The Hall–Kier alpha value is -1.53. The maximum atomic E-state index is 11.3. The fraction of sp³-hybridized carbons (Fsp3) is 0.538. The number of nitrogens with one attached hydrogen (secondary N) is 1. The van der Waals surface area contributed by atoms with Gasteiger partial charge in [-0.15, -0.1) is 0 Å². The van der Waals surface area contributed by atoms with Gasteiger partial charge >= 0.3 is 6.09 Å². The number of ether oxygens (including phenoxy) is 1. The highest BCUT2D eigenvalue weighted by Crippen LogP contribution is 2.19. The molecule has 0 saturated carbocycles. The third-order valence-electron chi connectivity index (χ3n) is 3.31. The van der Waals surface area contributed by atoms with E-state index in [4.69, 9.17) is 16.3 Å². The van der Waals surface area contributed by atoms with Crippen LogP contribution in [0.5, 0.6) is 0 Å². The summed E-state index contributed by atoms with van der Waals surface area (Å²) in [6, 6.07) is 3.24. The van der Waals surface area contributed by atoms with Crippen molar-refractivity contribution in [1.29, 1.82) is 0 Å². The number of halogens is 1. The average Bonchev–Trinajstić information content (AvgIpc) is 2.38. The molecule has 2 N–H and O–H groups in total. The first-order valence-corrected chi connectivity index (χ1v) is 6.85.